The third-order valence-corrected chi connectivity index (χ3v) is 5.44. The van der Waals surface area contributed by atoms with Crippen LogP contribution in [0.2, 0.25) is 0 Å². The number of amides is 2. The number of aryl methyl sites for hydroxylation is 2. The van der Waals surface area contributed by atoms with Gasteiger partial charge < -0.3 is 0 Å². The molecule has 25 heavy (non-hydrogen) atoms. The van der Waals surface area contributed by atoms with Gasteiger partial charge in [0.15, 0.2) is 5.78 Å². The zero-order valence-electron chi connectivity index (χ0n) is 13.9. The number of fused-ring (bicyclic) bond motifs is 1. The Morgan fingerprint density at radius 3 is 2.36 bits per heavy atom. The molecule has 0 bridgehead atoms. The minimum Gasteiger partial charge on any atom is -0.294 e. The fourth-order valence-corrected chi connectivity index (χ4v) is 3.69. The minimum atomic E-state index is -3.98. The highest BCUT2D eigenvalue weighted by atomic mass is 32.2. The summed E-state index contributed by atoms with van der Waals surface area (Å²) in [5.41, 5.74) is 2.69. The molecule has 0 fully saturated rings. The van der Waals surface area contributed by atoms with Crippen LogP contribution in [0, 0.1) is 13.8 Å². The number of ketones is 1. The molecule has 2 aromatic carbocycles. The minimum absolute atomic E-state index is 0.0173. The van der Waals surface area contributed by atoms with Gasteiger partial charge in [0.2, 0.25) is 0 Å². The third kappa shape index (κ3) is 3.41. The number of nitrogens with zero attached hydrogens (tertiary/aromatic N) is 1. The molecule has 0 spiro atoms. The molecule has 6 nitrogen and oxygen atoms in total. The van der Waals surface area contributed by atoms with Crippen LogP contribution in [-0.2, 0) is 10.0 Å². The van der Waals surface area contributed by atoms with E-state index in [4.69, 9.17) is 0 Å². The van der Waals surface area contributed by atoms with E-state index in [1.165, 1.54) is 17.0 Å². The molecule has 0 aromatic heterocycles. The molecule has 130 valence electrons. The summed E-state index contributed by atoms with van der Waals surface area (Å²) < 4.78 is 26.9. The number of benzene rings is 2. The summed E-state index contributed by atoms with van der Waals surface area (Å²) in [5, 5.41) is 0. The van der Waals surface area contributed by atoms with E-state index < -0.39 is 16.1 Å². The fourth-order valence-electron chi connectivity index (χ4n) is 2.73. The molecule has 2 amide bonds. The average molecular weight is 358 g/mol. The molecule has 0 atom stereocenters. The van der Waals surface area contributed by atoms with Gasteiger partial charge in [0, 0.05) is 18.5 Å². The van der Waals surface area contributed by atoms with E-state index in [1.807, 2.05) is 13.8 Å². The van der Waals surface area contributed by atoms with Crippen LogP contribution in [0.3, 0.4) is 0 Å². The smallest absolute Gasteiger partial charge is 0.294 e. The largest absolute Gasteiger partial charge is 0.335 e. The first kappa shape index (κ1) is 17.2. The molecular weight excluding hydrogens is 340 g/mol. The van der Waals surface area contributed by atoms with E-state index in [1.54, 1.807) is 30.3 Å². The molecule has 0 saturated heterocycles. The van der Waals surface area contributed by atoms with E-state index >= 15 is 0 Å². The van der Waals surface area contributed by atoms with Crippen LogP contribution in [0.1, 0.15) is 27.9 Å². The summed E-state index contributed by atoms with van der Waals surface area (Å²) in [5.74, 6) is -0.0517. The molecule has 0 saturated carbocycles. The maximum Gasteiger partial charge on any atom is 0.335 e. The van der Waals surface area contributed by atoms with E-state index in [0.717, 1.165) is 11.1 Å². The van der Waals surface area contributed by atoms with E-state index in [2.05, 4.69) is 4.72 Å². The molecule has 1 aliphatic heterocycles. The Kier molecular flexibility index (Phi) is 4.34. The molecule has 1 aliphatic rings. The second-order valence-electron chi connectivity index (χ2n) is 6.07. The molecule has 0 radical (unpaired) electrons. The normalized spacial score (nSPS) is 14.2. The lowest BCUT2D eigenvalue weighted by Crippen LogP contribution is -2.46. The van der Waals surface area contributed by atoms with Crippen LogP contribution < -0.4 is 9.62 Å². The number of hydrogen-bond donors (Lipinski definition) is 1. The van der Waals surface area contributed by atoms with Crippen LogP contribution in [0.4, 0.5) is 10.5 Å². The predicted octanol–water partition coefficient (Wildman–Crippen LogP) is 2.79. The van der Waals surface area contributed by atoms with E-state index in [0.29, 0.717) is 11.3 Å². The van der Waals surface area contributed by atoms with Crippen LogP contribution in [0.5, 0.6) is 0 Å². The second kappa shape index (κ2) is 6.33. The van der Waals surface area contributed by atoms with Crippen molar-refractivity contribution in [3.05, 3.63) is 59.2 Å². The summed E-state index contributed by atoms with van der Waals surface area (Å²) >= 11 is 0. The molecule has 0 aliphatic carbocycles. The zero-order valence-corrected chi connectivity index (χ0v) is 14.8. The Morgan fingerprint density at radius 1 is 1.04 bits per heavy atom. The number of rotatable bonds is 2. The van der Waals surface area contributed by atoms with Crippen LogP contribution in [0.25, 0.3) is 0 Å². The lowest BCUT2D eigenvalue weighted by molar-refractivity contribution is 0.0981. The first-order valence-electron chi connectivity index (χ1n) is 7.83. The summed E-state index contributed by atoms with van der Waals surface area (Å²) in [6.45, 7) is 3.84. The number of carbonyl (C=O) groups excluding carboxylic acids is 2. The molecule has 2 aromatic rings. The van der Waals surface area contributed by atoms with Crippen molar-refractivity contribution >= 4 is 27.5 Å². The first-order valence-corrected chi connectivity index (χ1v) is 9.31. The Morgan fingerprint density at radius 2 is 1.68 bits per heavy atom. The number of hydrogen-bond acceptors (Lipinski definition) is 4. The molecular formula is C18H18N2O4S. The van der Waals surface area contributed by atoms with Gasteiger partial charge in [-0.15, -0.1) is 0 Å². The van der Waals surface area contributed by atoms with Crippen molar-refractivity contribution < 1.29 is 18.0 Å². The van der Waals surface area contributed by atoms with Crippen molar-refractivity contribution in [3.63, 3.8) is 0 Å². The summed E-state index contributed by atoms with van der Waals surface area (Å²) in [6, 6.07) is 10.6. The van der Waals surface area contributed by atoms with Gasteiger partial charge in [-0.1, -0.05) is 29.3 Å². The van der Waals surface area contributed by atoms with Crippen molar-refractivity contribution in [1.82, 2.24) is 4.72 Å². The number of anilines is 1. The summed E-state index contributed by atoms with van der Waals surface area (Å²) in [6.07, 6.45) is 0.161. The molecule has 1 heterocycles. The Labute approximate surface area is 146 Å². The molecule has 0 unspecified atom stereocenters. The monoisotopic (exact) mass is 358 g/mol. The van der Waals surface area contributed by atoms with Gasteiger partial charge >= 0.3 is 6.03 Å². The topological polar surface area (TPSA) is 83.6 Å². The van der Waals surface area contributed by atoms with Gasteiger partial charge in [-0.2, -0.15) is 0 Å². The number of sulfonamides is 1. The van der Waals surface area contributed by atoms with Crippen molar-refractivity contribution in [1.29, 1.82) is 0 Å². The maximum atomic E-state index is 12.5. The number of urea groups is 1. The van der Waals surface area contributed by atoms with Gasteiger partial charge in [-0.05, 0) is 38.1 Å². The van der Waals surface area contributed by atoms with Gasteiger partial charge in [-0.3, -0.25) is 9.69 Å². The lowest BCUT2D eigenvalue weighted by Gasteiger charge is -2.28. The Balaban J connectivity index is 1.88. The summed E-state index contributed by atoms with van der Waals surface area (Å²) in [4.78, 5) is 25.9. The van der Waals surface area contributed by atoms with Crippen molar-refractivity contribution in [2.24, 2.45) is 0 Å². The third-order valence-electron chi connectivity index (χ3n) is 4.10. The standard InChI is InChI=1S/C18H18N2O4S/c1-12-3-6-14(7-4-12)25(23,24)19-18(22)20-10-9-17(21)15-11-13(2)5-8-16(15)20/h3-8,11H,9-10H2,1-2H3,(H,19,22). The highest BCUT2D eigenvalue weighted by Gasteiger charge is 2.29. The second-order valence-corrected chi connectivity index (χ2v) is 7.75. The molecule has 1 N–H and O–H groups in total. The van der Waals surface area contributed by atoms with Gasteiger partial charge in [0.25, 0.3) is 10.0 Å². The van der Waals surface area contributed by atoms with Crippen molar-refractivity contribution in [2.45, 2.75) is 25.2 Å². The first-order chi connectivity index (χ1) is 11.8. The summed E-state index contributed by atoms with van der Waals surface area (Å²) in [7, 11) is -3.98. The van der Waals surface area contributed by atoms with Crippen LogP contribution in [0.15, 0.2) is 47.4 Å². The Bertz CT molecular complexity index is 950. The average Bonchev–Trinajstić information content (AvgIpc) is 2.55. The highest BCUT2D eigenvalue weighted by Crippen LogP contribution is 2.28. The van der Waals surface area contributed by atoms with E-state index in [-0.39, 0.29) is 23.6 Å². The fraction of sp³-hybridized carbons (Fsp3) is 0.222. The van der Waals surface area contributed by atoms with Gasteiger partial charge in [0.1, 0.15) is 0 Å². The van der Waals surface area contributed by atoms with Crippen LogP contribution in [-0.4, -0.2) is 26.8 Å². The van der Waals surface area contributed by atoms with E-state index in [9.17, 15) is 18.0 Å². The Hall–Kier alpha value is -2.67. The maximum absolute atomic E-state index is 12.5. The molecule has 3 rings (SSSR count). The SMILES string of the molecule is Cc1ccc(S(=O)(=O)NC(=O)N2CCC(=O)c3cc(C)ccc32)cc1. The van der Waals surface area contributed by atoms with Gasteiger partial charge in [-0.25, -0.2) is 17.9 Å². The van der Waals surface area contributed by atoms with Gasteiger partial charge in [0.05, 0.1) is 10.6 Å². The highest BCUT2D eigenvalue weighted by molar-refractivity contribution is 7.90. The molecule has 7 heteroatoms. The quantitative estimate of drug-likeness (QED) is 0.895. The number of Topliss-reactive ketones (excluding diaryl/α,β-unsaturated/α-hetero) is 1. The zero-order chi connectivity index (χ0) is 18.2. The number of nitrogens with one attached hydrogen (secondary N) is 1. The predicted molar refractivity (Wildman–Crippen MR) is 94.4 cm³/mol. The van der Waals surface area contributed by atoms with Crippen LogP contribution >= 0.6 is 0 Å². The number of carbonyl (C=O) groups is 2. The lowest BCUT2D eigenvalue weighted by atomic mass is 9.99. The van der Waals surface area contributed by atoms with Crippen molar-refractivity contribution in [2.75, 3.05) is 11.4 Å². The van der Waals surface area contributed by atoms with Crippen molar-refractivity contribution in [3.8, 4) is 0 Å².